The van der Waals surface area contributed by atoms with E-state index >= 15 is 0 Å². The summed E-state index contributed by atoms with van der Waals surface area (Å²) in [6, 6.07) is 8.89. The van der Waals surface area contributed by atoms with Gasteiger partial charge in [-0.1, -0.05) is 12.1 Å². The average Bonchev–Trinajstić information content (AvgIpc) is 2.53. The van der Waals surface area contributed by atoms with Gasteiger partial charge in [-0.2, -0.15) is 0 Å². The summed E-state index contributed by atoms with van der Waals surface area (Å²) in [6.07, 6.45) is -0.601. The van der Waals surface area contributed by atoms with Crippen LogP contribution in [0.5, 0.6) is 0 Å². The Morgan fingerprint density at radius 2 is 1.92 bits per heavy atom. The first-order chi connectivity index (χ1) is 11.3. The molecule has 1 aromatic heterocycles. The molecule has 0 radical (unpaired) electrons. The number of esters is 1. The molecule has 24 heavy (non-hydrogen) atoms. The van der Waals surface area contributed by atoms with Crippen LogP contribution in [-0.4, -0.2) is 35.9 Å². The van der Waals surface area contributed by atoms with Crippen LogP contribution in [0, 0.1) is 12.7 Å². The molecular weight excluding hydrogens is 311 g/mol. The summed E-state index contributed by atoms with van der Waals surface area (Å²) < 4.78 is 18.6. The first-order valence-corrected chi connectivity index (χ1v) is 7.45. The van der Waals surface area contributed by atoms with E-state index in [1.54, 1.807) is 40.1 Å². The van der Waals surface area contributed by atoms with Gasteiger partial charge in [-0.05, 0) is 43.7 Å². The van der Waals surface area contributed by atoms with Crippen molar-refractivity contribution in [1.29, 1.82) is 0 Å². The molecule has 5 nitrogen and oxygen atoms in total. The molecule has 0 unspecified atom stereocenters. The Labute approximate surface area is 140 Å². The Morgan fingerprint density at radius 3 is 2.50 bits per heavy atom. The van der Waals surface area contributed by atoms with Crippen LogP contribution in [0.3, 0.4) is 0 Å². The molecule has 0 aliphatic carbocycles. The molecule has 126 valence electrons. The number of hydrogen-bond acceptors (Lipinski definition) is 4. The molecule has 1 amide bonds. The van der Waals surface area contributed by atoms with Crippen LogP contribution in [0.1, 0.15) is 45.1 Å². The van der Waals surface area contributed by atoms with Gasteiger partial charge >= 0.3 is 5.97 Å². The van der Waals surface area contributed by atoms with Crippen LogP contribution in [0.25, 0.3) is 0 Å². The zero-order chi connectivity index (χ0) is 17.9. The smallest absolute Gasteiger partial charge is 0.340 e. The van der Waals surface area contributed by atoms with E-state index in [1.165, 1.54) is 29.2 Å². The molecule has 0 saturated heterocycles. The van der Waals surface area contributed by atoms with Crippen molar-refractivity contribution in [3.8, 4) is 0 Å². The van der Waals surface area contributed by atoms with Gasteiger partial charge in [0.2, 0.25) is 0 Å². The summed E-state index contributed by atoms with van der Waals surface area (Å²) in [5.41, 5.74) is 1.49. The monoisotopic (exact) mass is 330 g/mol. The number of benzene rings is 1. The quantitative estimate of drug-likeness (QED) is 0.808. The average molecular weight is 330 g/mol. The van der Waals surface area contributed by atoms with Gasteiger partial charge in [-0.25, -0.2) is 14.2 Å². The molecule has 2 aromatic rings. The lowest BCUT2D eigenvalue weighted by Gasteiger charge is -2.15. The van der Waals surface area contributed by atoms with Crippen molar-refractivity contribution in [3.63, 3.8) is 0 Å². The highest BCUT2D eigenvalue weighted by atomic mass is 19.1. The normalized spacial score (nSPS) is 11.7. The van der Waals surface area contributed by atoms with Crippen molar-refractivity contribution in [2.45, 2.75) is 20.0 Å². The molecule has 0 aliphatic rings. The summed E-state index contributed by atoms with van der Waals surface area (Å²) in [5, 5.41) is 0. The van der Waals surface area contributed by atoms with Crippen molar-refractivity contribution in [2.75, 3.05) is 14.1 Å². The summed E-state index contributed by atoms with van der Waals surface area (Å²) in [5.74, 6) is -1.20. The minimum atomic E-state index is -0.601. The maximum absolute atomic E-state index is 13.3. The number of aryl methyl sites for hydroxylation is 1. The molecule has 0 N–H and O–H groups in total. The number of pyridine rings is 1. The highest BCUT2D eigenvalue weighted by Gasteiger charge is 2.19. The van der Waals surface area contributed by atoms with Crippen LogP contribution >= 0.6 is 0 Å². The lowest BCUT2D eigenvalue weighted by Crippen LogP contribution is -2.23. The molecule has 0 saturated carbocycles. The van der Waals surface area contributed by atoms with E-state index < -0.39 is 12.1 Å². The third-order valence-corrected chi connectivity index (χ3v) is 3.53. The summed E-state index contributed by atoms with van der Waals surface area (Å²) in [7, 11) is 3.25. The van der Waals surface area contributed by atoms with Crippen molar-refractivity contribution in [1.82, 2.24) is 9.88 Å². The highest BCUT2D eigenvalue weighted by molar-refractivity contribution is 5.94. The molecule has 1 atom stereocenters. The van der Waals surface area contributed by atoms with E-state index in [0.717, 1.165) is 0 Å². The lowest BCUT2D eigenvalue weighted by atomic mass is 10.1. The zero-order valence-electron chi connectivity index (χ0n) is 14.0. The molecule has 0 bridgehead atoms. The molecular formula is C18H19FN2O3. The first-order valence-electron chi connectivity index (χ1n) is 7.45. The van der Waals surface area contributed by atoms with Crippen molar-refractivity contribution in [2.24, 2.45) is 0 Å². The van der Waals surface area contributed by atoms with Crippen LogP contribution < -0.4 is 0 Å². The van der Waals surface area contributed by atoms with Gasteiger partial charge in [0.15, 0.2) is 0 Å². The van der Waals surface area contributed by atoms with Crippen molar-refractivity contribution in [3.05, 3.63) is 64.7 Å². The van der Waals surface area contributed by atoms with Crippen LogP contribution in [0.2, 0.25) is 0 Å². The fraction of sp³-hybridized carbons (Fsp3) is 0.278. The van der Waals surface area contributed by atoms with Crippen molar-refractivity contribution < 1.29 is 18.7 Å². The van der Waals surface area contributed by atoms with E-state index in [4.69, 9.17) is 4.74 Å². The van der Waals surface area contributed by atoms with E-state index in [-0.39, 0.29) is 23.0 Å². The third-order valence-electron chi connectivity index (χ3n) is 3.53. The Kier molecular flexibility index (Phi) is 5.28. The molecule has 6 heteroatoms. The third kappa shape index (κ3) is 3.95. The molecule has 1 heterocycles. The summed E-state index contributed by atoms with van der Waals surface area (Å²) in [4.78, 5) is 29.7. The topological polar surface area (TPSA) is 59.5 Å². The number of carbonyl (C=O) groups is 2. The molecule has 1 aromatic carbocycles. The lowest BCUT2D eigenvalue weighted by molar-refractivity contribution is 0.0335. The second kappa shape index (κ2) is 7.21. The van der Waals surface area contributed by atoms with Gasteiger partial charge < -0.3 is 9.64 Å². The standard InChI is InChI=1S/C18H19FN2O3/c1-11-15(8-9-16(20-11)17(22)21(3)4)18(23)24-12(2)13-6-5-7-14(19)10-13/h5-10,12H,1-4H3/t12-/m0/s1. The fourth-order valence-electron chi connectivity index (χ4n) is 2.18. The molecule has 0 fully saturated rings. The SMILES string of the molecule is Cc1nc(C(=O)N(C)C)ccc1C(=O)O[C@@H](C)c1cccc(F)c1. The van der Waals surface area contributed by atoms with Gasteiger partial charge in [0.25, 0.3) is 5.91 Å². The van der Waals surface area contributed by atoms with Crippen LogP contribution in [-0.2, 0) is 4.74 Å². The Bertz CT molecular complexity index is 775. The first kappa shape index (κ1) is 17.6. The number of rotatable bonds is 4. The van der Waals surface area contributed by atoms with E-state index in [9.17, 15) is 14.0 Å². The van der Waals surface area contributed by atoms with E-state index in [2.05, 4.69) is 4.98 Å². The number of carbonyl (C=O) groups excluding carboxylic acids is 2. The Hall–Kier alpha value is -2.76. The zero-order valence-corrected chi connectivity index (χ0v) is 14.0. The maximum atomic E-state index is 13.3. The predicted octanol–water partition coefficient (Wildman–Crippen LogP) is 3.15. The fourth-order valence-corrected chi connectivity index (χ4v) is 2.18. The molecule has 2 rings (SSSR count). The number of ether oxygens (including phenoxy) is 1. The largest absolute Gasteiger partial charge is 0.454 e. The molecule has 0 spiro atoms. The number of hydrogen-bond donors (Lipinski definition) is 0. The van der Waals surface area contributed by atoms with Gasteiger partial charge in [-0.3, -0.25) is 4.79 Å². The number of aromatic nitrogens is 1. The Morgan fingerprint density at radius 1 is 1.21 bits per heavy atom. The highest BCUT2D eigenvalue weighted by Crippen LogP contribution is 2.20. The van der Waals surface area contributed by atoms with Gasteiger partial charge in [0.05, 0.1) is 11.3 Å². The van der Waals surface area contributed by atoms with E-state index in [0.29, 0.717) is 11.3 Å². The minimum absolute atomic E-state index is 0.244. The van der Waals surface area contributed by atoms with E-state index in [1.807, 2.05) is 0 Å². The van der Waals surface area contributed by atoms with Gasteiger partial charge in [0.1, 0.15) is 17.6 Å². The second-order valence-electron chi connectivity index (χ2n) is 5.63. The van der Waals surface area contributed by atoms with Crippen molar-refractivity contribution >= 4 is 11.9 Å². The number of halogens is 1. The van der Waals surface area contributed by atoms with Crippen LogP contribution in [0.15, 0.2) is 36.4 Å². The van der Waals surface area contributed by atoms with Gasteiger partial charge in [-0.15, -0.1) is 0 Å². The van der Waals surface area contributed by atoms with Crippen LogP contribution in [0.4, 0.5) is 4.39 Å². The second-order valence-corrected chi connectivity index (χ2v) is 5.63. The number of amides is 1. The predicted molar refractivity (Wildman–Crippen MR) is 87.2 cm³/mol. The summed E-state index contributed by atoms with van der Waals surface area (Å²) in [6.45, 7) is 3.30. The molecule has 0 aliphatic heterocycles. The summed E-state index contributed by atoms with van der Waals surface area (Å²) >= 11 is 0. The Balaban J connectivity index is 2.16. The van der Waals surface area contributed by atoms with Gasteiger partial charge in [0, 0.05) is 14.1 Å². The minimum Gasteiger partial charge on any atom is -0.454 e. The number of nitrogens with zero attached hydrogens (tertiary/aromatic N) is 2. The maximum Gasteiger partial charge on any atom is 0.340 e.